The second kappa shape index (κ2) is 13.0. The van der Waals surface area contributed by atoms with Crippen molar-refractivity contribution in [1.82, 2.24) is 9.88 Å². The number of hydrogen-bond donors (Lipinski definition) is 2. The molecule has 0 aliphatic carbocycles. The van der Waals surface area contributed by atoms with Gasteiger partial charge in [0.1, 0.15) is 6.54 Å². The van der Waals surface area contributed by atoms with Crippen molar-refractivity contribution in [3.05, 3.63) is 114 Å². The summed E-state index contributed by atoms with van der Waals surface area (Å²) in [7, 11) is 0. The smallest absolute Gasteiger partial charge is 0.305 e. The second-order valence-electron chi connectivity index (χ2n) is 10.1. The minimum atomic E-state index is -1.06. The number of rotatable bonds is 11. The van der Waals surface area contributed by atoms with Crippen molar-refractivity contribution in [2.45, 2.75) is 31.7 Å². The van der Waals surface area contributed by atoms with E-state index < -0.39 is 12.0 Å². The molecule has 9 nitrogen and oxygen atoms in total. The summed E-state index contributed by atoms with van der Waals surface area (Å²) >= 11 is 0. The Kier molecular flexibility index (Phi) is 8.77. The number of carbonyl (C=O) groups excluding carboxylic acids is 2. The number of unbranched alkanes of at least 4 members (excludes halogenated alkanes) is 1. The highest BCUT2D eigenvalue weighted by Crippen LogP contribution is 2.36. The molecule has 1 aliphatic rings. The second-order valence-corrected chi connectivity index (χ2v) is 10.1. The minimum absolute atomic E-state index is 0.264. The number of nitrogens with two attached hydrogens (primary N) is 1. The van der Waals surface area contributed by atoms with Gasteiger partial charge in [-0.05, 0) is 66.8 Å². The normalized spacial score (nSPS) is 13.8. The molecule has 2 amide bonds. The predicted octanol–water partition coefficient (Wildman–Crippen LogP) is 5.40. The molecule has 0 fully saturated rings. The summed E-state index contributed by atoms with van der Waals surface area (Å²) in [5, 5.41) is 9.74. The number of amides is 2. The summed E-state index contributed by atoms with van der Waals surface area (Å²) in [6.07, 6.45) is 3.52. The van der Waals surface area contributed by atoms with E-state index in [4.69, 9.17) is 10.5 Å². The van der Waals surface area contributed by atoms with Crippen LogP contribution in [0.15, 0.2) is 97.2 Å². The first-order valence-corrected chi connectivity index (χ1v) is 13.8. The third-order valence-corrected chi connectivity index (χ3v) is 7.21. The van der Waals surface area contributed by atoms with E-state index in [-0.39, 0.29) is 24.8 Å². The third kappa shape index (κ3) is 6.41. The van der Waals surface area contributed by atoms with E-state index >= 15 is 0 Å². The van der Waals surface area contributed by atoms with Crippen LogP contribution in [0.4, 0.5) is 17.2 Å². The van der Waals surface area contributed by atoms with Gasteiger partial charge in [0.05, 0.1) is 30.3 Å². The zero-order valence-electron chi connectivity index (χ0n) is 23.1. The maximum atomic E-state index is 14.2. The summed E-state index contributed by atoms with van der Waals surface area (Å²) in [5.41, 5.74) is 8.89. The fourth-order valence-electron chi connectivity index (χ4n) is 5.18. The molecule has 1 aliphatic heterocycles. The average Bonchev–Trinajstić information content (AvgIpc) is 3.11. The Hall–Kier alpha value is -5.18. The molecule has 1 atom stereocenters. The van der Waals surface area contributed by atoms with Crippen LogP contribution in [0.3, 0.4) is 0 Å². The number of hydrogen-bond acceptors (Lipinski definition) is 6. The van der Waals surface area contributed by atoms with E-state index in [2.05, 4.69) is 4.98 Å². The number of anilines is 3. The molecule has 3 aromatic carbocycles. The zero-order valence-corrected chi connectivity index (χ0v) is 23.1. The zero-order chi connectivity index (χ0) is 29.5. The lowest BCUT2D eigenvalue weighted by atomic mass is 9.99. The number of carboxylic acid groups (broad SMARTS) is 1. The fourth-order valence-corrected chi connectivity index (χ4v) is 5.18. The molecule has 9 heteroatoms. The monoisotopic (exact) mass is 564 g/mol. The topological polar surface area (TPSA) is 126 Å². The van der Waals surface area contributed by atoms with Crippen LogP contribution in [-0.4, -0.2) is 45.9 Å². The molecule has 1 unspecified atom stereocenters. The summed E-state index contributed by atoms with van der Waals surface area (Å²) in [5.74, 6) is -0.866. The lowest BCUT2D eigenvalue weighted by Gasteiger charge is -2.30. The van der Waals surface area contributed by atoms with Gasteiger partial charge in [0.2, 0.25) is 0 Å². The first kappa shape index (κ1) is 28.4. The molecule has 3 N–H and O–H groups in total. The number of nitrogen functional groups attached to an aromatic ring is 1. The van der Waals surface area contributed by atoms with E-state index in [1.807, 2.05) is 48.5 Å². The highest BCUT2D eigenvalue weighted by Gasteiger charge is 2.37. The maximum absolute atomic E-state index is 14.2. The number of aryl methyl sites for hydroxylation is 1. The van der Waals surface area contributed by atoms with Crippen molar-refractivity contribution in [2.75, 3.05) is 23.8 Å². The van der Waals surface area contributed by atoms with Gasteiger partial charge in [0, 0.05) is 11.9 Å². The van der Waals surface area contributed by atoms with Crippen molar-refractivity contribution in [1.29, 1.82) is 0 Å². The van der Waals surface area contributed by atoms with Crippen LogP contribution in [0.2, 0.25) is 0 Å². The number of benzene rings is 3. The molecule has 42 heavy (non-hydrogen) atoms. The Labute approximate surface area is 244 Å². The summed E-state index contributed by atoms with van der Waals surface area (Å²) in [6, 6.07) is 26.4. The van der Waals surface area contributed by atoms with E-state index in [0.29, 0.717) is 47.1 Å². The summed E-state index contributed by atoms with van der Waals surface area (Å²) < 4.78 is 5.75. The van der Waals surface area contributed by atoms with Gasteiger partial charge in [0.25, 0.3) is 11.8 Å². The minimum Gasteiger partial charge on any atom is -0.490 e. The highest BCUT2D eigenvalue weighted by atomic mass is 16.5. The van der Waals surface area contributed by atoms with Gasteiger partial charge in [-0.15, -0.1) is 0 Å². The number of carbonyl (C=O) groups is 3. The Morgan fingerprint density at radius 2 is 1.69 bits per heavy atom. The molecule has 0 saturated heterocycles. The lowest BCUT2D eigenvalue weighted by molar-refractivity contribution is -0.138. The average molecular weight is 565 g/mol. The van der Waals surface area contributed by atoms with Crippen molar-refractivity contribution in [3.63, 3.8) is 0 Å². The van der Waals surface area contributed by atoms with Crippen LogP contribution in [0.1, 0.15) is 46.8 Å². The molecule has 2 heterocycles. The van der Waals surface area contributed by atoms with E-state index in [1.54, 1.807) is 53.6 Å². The molecular formula is C33H32N4O5. The summed E-state index contributed by atoms with van der Waals surface area (Å²) in [4.78, 5) is 46.8. The largest absolute Gasteiger partial charge is 0.490 e. The Bertz CT molecular complexity index is 1560. The number of para-hydroxylation sites is 1. The van der Waals surface area contributed by atoms with Gasteiger partial charge < -0.3 is 20.5 Å². The number of fused-ring (bicyclic) bond motifs is 1. The van der Waals surface area contributed by atoms with Crippen molar-refractivity contribution < 1.29 is 24.2 Å². The Morgan fingerprint density at radius 1 is 0.952 bits per heavy atom. The number of carboxylic acids is 1. The van der Waals surface area contributed by atoms with Crippen LogP contribution >= 0.6 is 0 Å². The number of aliphatic carboxylic acids is 1. The predicted molar refractivity (Wildman–Crippen MR) is 160 cm³/mol. The Morgan fingerprint density at radius 3 is 2.40 bits per heavy atom. The fraction of sp³-hybridized carbons (Fsp3) is 0.212. The molecule has 0 radical (unpaired) electrons. The van der Waals surface area contributed by atoms with Gasteiger partial charge >= 0.3 is 5.97 Å². The number of nitrogens with zero attached hydrogens (tertiary/aromatic N) is 3. The van der Waals surface area contributed by atoms with E-state index in [0.717, 1.165) is 18.4 Å². The van der Waals surface area contributed by atoms with Gasteiger partial charge in [0.15, 0.2) is 11.6 Å². The molecule has 0 saturated carbocycles. The van der Waals surface area contributed by atoms with E-state index in [1.165, 1.54) is 4.90 Å². The standard InChI is InChI=1S/C33H32N4O5/c34-32-29(15-9-18-35-32)42-19-8-7-10-23-16-17-27-26(20-23)33(41)36(22-30(38)37(27)25-13-5-2-6-14-25)28(21-31(39)40)24-11-3-1-4-12-24/h1-6,9,11-18,20,28H,7-8,10,19,21-22H2,(H2,34,35)(H,39,40). The lowest BCUT2D eigenvalue weighted by Crippen LogP contribution is -2.40. The van der Waals surface area contributed by atoms with Gasteiger partial charge in [-0.1, -0.05) is 54.6 Å². The third-order valence-electron chi connectivity index (χ3n) is 7.21. The quantitative estimate of drug-likeness (QED) is 0.234. The number of aromatic nitrogens is 1. The first-order chi connectivity index (χ1) is 20.4. The van der Waals surface area contributed by atoms with Crippen LogP contribution in [0, 0.1) is 0 Å². The Balaban J connectivity index is 1.43. The van der Waals surface area contributed by atoms with Crippen molar-refractivity contribution in [3.8, 4) is 5.75 Å². The number of pyridine rings is 1. The molecule has 1 aromatic heterocycles. The first-order valence-electron chi connectivity index (χ1n) is 13.8. The number of ether oxygens (including phenoxy) is 1. The summed E-state index contributed by atoms with van der Waals surface area (Å²) in [6.45, 7) is 0.206. The molecule has 4 aromatic rings. The molecule has 0 spiro atoms. The van der Waals surface area contributed by atoms with Gasteiger partial charge in [-0.3, -0.25) is 19.3 Å². The maximum Gasteiger partial charge on any atom is 0.305 e. The molecule has 0 bridgehead atoms. The molecular weight excluding hydrogens is 532 g/mol. The van der Waals surface area contributed by atoms with Crippen LogP contribution < -0.4 is 15.4 Å². The van der Waals surface area contributed by atoms with E-state index in [9.17, 15) is 19.5 Å². The van der Waals surface area contributed by atoms with Crippen LogP contribution in [0.25, 0.3) is 0 Å². The van der Waals surface area contributed by atoms with Gasteiger partial charge in [-0.25, -0.2) is 4.98 Å². The van der Waals surface area contributed by atoms with Crippen molar-refractivity contribution >= 4 is 35.0 Å². The van der Waals surface area contributed by atoms with Crippen LogP contribution in [0.5, 0.6) is 5.75 Å². The SMILES string of the molecule is Nc1ncccc1OCCCCc1ccc2c(c1)C(=O)N(C(CC(=O)O)c1ccccc1)CC(=O)N2c1ccccc1. The molecule has 214 valence electrons. The highest BCUT2D eigenvalue weighted by molar-refractivity contribution is 6.13. The van der Waals surface area contributed by atoms with Gasteiger partial charge in [-0.2, -0.15) is 0 Å². The van der Waals surface area contributed by atoms with Crippen molar-refractivity contribution in [2.24, 2.45) is 0 Å². The molecule has 5 rings (SSSR count). The van der Waals surface area contributed by atoms with Crippen LogP contribution in [-0.2, 0) is 16.0 Å².